The molecule has 0 saturated carbocycles. The number of aliphatic hydroxyl groups is 1. The van der Waals surface area contributed by atoms with Gasteiger partial charge in [0.25, 0.3) is 5.56 Å². The highest BCUT2D eigenvalue weighted by Gasteiger charge is 2.43. The van der Waals surface area contributed by atoms with Gasteiger partial charge in [0.1, 0.15) is 12.3 Å². The molecule has 20 heteroatoms. The summed E-state index contributed by atoms with van der Waals surface area (Å²) in [6.07, 6.45) is -2.92. The zero-order valence-corrected chi connectivity index (χ0v) is 23.8. The van der Waals surface area contributed by atoms with Crippen LogP contribution in [0.1, 0.15) is 49.1 Å². The van der Waals surface area contributed by atoms with E-state index in [1.807, 2.05) is 38.1 Å². The first-order valence-electron chi connectivity index (χ1n) is 11.6. The van der Waals surface area contributed by atoms with E-state index in [2.05, 4.69) is 18.1 Å². The van der Waals surface area contributed by atoms with Crippen molar-refractivity contribution in [3.8, 4) is 0 Å². The summed E-state index contributed by atoms with van der Waals surface area (Å²) in [6, 6.07) is 7.64. The Morgan fingerprint density at radius 3 is 2.33 bits per heavy atom. The molecule has 1 aliphatic heterocycles. The number of hydrogen-bond donors (Lipinski definition) is 6. The Morgan fingerprint density at radius 2 is 1.68 bits per heavy atom. The zero-order chi connectivity index (χ0) is 29.9. The Bertz CT molecular complexity index is 1450. The molecule has 0 spiro atoms. The number of H-pyrrole nitrogens is 1. The molecule has 2 heterocycles. The molecule has 1 aromatic carbocycles. The SMILES string of the molecule is CC(C)c1ccccc1COCc1cn([C@H]2CC(O)[C@@H](COP(=O)(O)OP(=O)(O)OP(=O)(O)O)O2)c(=O)[nH]c1=O. The van der Waals surface area contributed by atoms with Gasteiger partial charge >= 0.3 is 29.2 Å². The van der Waals surface area contributed by atoms with Crippen molar-refractivity contribution >= 4 is 23.5 Å². The predicted molar refractivity (Wildman–Crippen MR) is 135 cm³/mol. The Hall–Kier alpha value is -1.81. The summed E-state index contributed by atoms with van der Waals surface area (Å²) in [4.78, 5) is 62.8. The van der Waals surface area contributed by atoms with E-state index >= 15 is 0 Å². The number of phosphoric acid groups is 3. The van der Waals surface area contributed by atoms with Crippen LogP contribution in [0.15, 0.2) is 40.1 Å². The van der Waals surface area contributed by atoms with Gasteiger partial charge in [0.2, 0.25) is 0 Å². The minimum atomic E-state index is -5.72. The largest absolute Gasteiger partial charge is 0.490 e. The van der Waals surface area contributed by atoms with Crippen molar-refractivity contribution in [2.24, 2.45) is 0 Å². The number of hydrogen-bond acceptors (Lipinski definition) is 11. The van der Waals surface area contributed by atoms with Crippen LogP contribution in [0.2, 0.25) is 0 Å². The molecular formula is C20H29N2O15P3. The number of nitrogens with zero attached hydrogens (tertiary/aromatic N) is 1. The van der Waals surface area contributed by atoms with Gasteiger partial charge in [0.05, 0.1) is 31.5 Å². The minimum absolute atomic E-state index is 0.0800. The van der Waals surface area contributed by atoms with Gasteiger partial charge in [-0.2, -0.15) is 8.62 Å². The minimum Gasteiger partial charge on any atom is -0.390 e. The molecular weight excluding hydrogens is 601 g/mol. The van der Waals surface area contributed by atoms with Crippen molar-refractivity contribution in [2.75, 3.05) is 6.61 Å². The number of aromatic nitrogens is 2. The first-order chi connectivity index (χ1) is 18.5. The van der Waals surface area contributed by atoms with Crippen molar-refractivity contribution in [3.05, 3.63) is 68.0 Å². The number of ether oxygens (including phenoxy) is 2. The lowest BCUT2D eigenvalue weighted by molar-refractivity contribution is -0.0452. The maximum absolute atomic E-state index is 12.4. The zero-order valence-electron chi connectivity index (χ0n) is 21.1. The quantitative estimate of drug-likeness (QED) is 0.171. The van der Waals surface area contributed by atoms with Crippen molar-refractivity contribution in [2.45, 2.75) is 57.8 Å². The van der Waals surface area contributed by atoms with Crippen LogP contribution >= 0.6 is 23.5 Å². The van der Waals surface area contributed by atoms with Gasteiger partial charge in [-0.25, -0.2) is 18.5 Å². The van der Waals surface area contributed by atoms with Crippen molar-refractivity contribution < 1.29 is 61.0 Å². The second-order valence-corrected chi connectivity index (χ2v) is 13.4. The van der Waals surface area contributed by atoms with Crippen LogP contribution < -0.4 is 11.2 Å². The van der Waals surface area contributed by atoms with E-state index < -0.39 is 59.8 Å². The second kappa shape index (κ2) is 13.0. The number of nitrogens with one attached hydrogen (secondary N) is 1. The van der Waals surface area contributed by atoms with Crippen molar-refractivity contribution in [1.82, 2.24) is 9.55 Å². The molecule has 1 aromatic heterocycles. The lowest BCUT2D eigenvalue weighted by atomic mass is 9.98. The van der Waals surface area contributed by atoms with E-state index in [1.165, 1.54) is 6.20 Å². The van der Waals surface area contributed by atoms with Crippen LogP contribution in [0.25, 0.3) is 0 Å². The molecule has 6 N–H and O–H groups in total. The van der Waals surface area contributed by atoms with Crippen LogP contribution in [0, 0.1) is 0 Å². The summed E-state index contributed by atoms with van der Waals surface area (Å²) in [7, 11) is -16.7. The molecule has 17 nitrogen and oxygen atoms in total. The molecule has 40 heavy (non-hydrogen) atoms. The number of aliphatic hydroxyl groups excluding tert-OH is 1. The van der Waals surface area contributed by atoms with Gasteiger partial charge in [-0.1, -0.05) is 38.1 Å². The molecule has 0 radical (unpaired) electrons. The lowest BCUT2D eigenvalue weighted by Gasteiger charge is -2.19. The Morgan fingerprint density at radius 1 is 1.02 bits per heavy atom. The Balaban J connectivity index is 1.64. The van der Waals surface area contributed by atoms with Gasteiger partial charge in [-0.15, -0.1) is 0 Å². The molecule has 1 fully saturated rings. The van der Waals surface area contributed by atoms with Crippen molar-refractivity contribution in [3.63, 3.8) is 0 Å². The molecule has 0 bridgehead atoms. The number of benzene rings is 1. The molecule has 2 aromatic rings. The predicted octanol–water partition coefficient (Wildman–Crippen LogP) is 1.37. The molecule has 0 aliphatic carbocycles. The van der Waals surface area contributed by atoms with Crippen LogP contribution in [0.3, 0.4) is 0 Å². The Kier molecular flexibility index (Phi) is 10.6. The number of aromatic amines is 1. The van der Waals surface area contributed by atoms with Crippen LogP contribution in [-0.4, -0.2) is 53.0 Å². The van der Waals surface area contributed by atoms with Gasteiger partial charge in [-0.3, -0.25) is 18.9 Å². The third-order valence-electron chi connectivity index (χ3n) is 5.57. The molecule has 3 rings (SSSR count). The highest BCUT2D eigenvalue weighted by Crippen LogP contribution is 2.66. The van der Waals surface area contributed by atoms with Gasteiger partial charge in [0, 0.05) is 12.6 Å². The summed E-state index contributed by atoms with van der Waals surface area (Å²) in [5.41, 5.74) is 0.530. The molecule has 5 atom stereocenters. The molecule has 224 valence electrons. The summed E-state index contributed by atoms with van der Waals surface area (Å²) < 4.78 is 58.0. The van der Waals surface area contributed by atoms with E-state index in [9.17, 15) is 38.2 Å². The standard InChI is InChI=1S/C20H29N2O15P3/c1-12(2)15-6-4-3-5-13(15)9-33-10-14-8-22(20(25)21-19(14)24)18-7-16(23)17(35-18)11-34-39(29,30)37-40(31,32)36-38(26,27)28/h3-6,8,12,16-18,23H,7,9-11H2,1-2H3,(H,29,30)(H,31,32)(H,21,24,25)(H2,26,27,28)/t16?,17-,18-/m1/s1. The maximum atomic E-state index is 12.4. The number of phosphoric ester groups is 1. The van der Waals surface area contributed by atoms with Crippen LogP contribution in [0.4, 0.5) is 0 Å². The average Bonchev–Trinajstić information content (AvgIpc) is 3.17. The number of rotatable bonds is 13. The normalized spacial score (nSPS) is 22.8. The third-order valence-corrected chi connectivity index (χ3v) is 9.37. The summed E-state index contributed by atoms with van der Waals surface area (Å²) in [6.45, 7) is 3.20. The molecule has 0 amide bonds. The first-order valence-corrected chi connectivity index (χ1v) is 16.1. The van der Waals surface area contributed by atoms with Gasteiger partial charge in [-0.05, 0) is 17.0 Å². The second-order valence-electron chi connectivity index (χ2n) is 8.99. The fourth-order valence-corrected chi connectivity index (χ4v) is 6.88. The fraction of sp³-hybridized carbons (Fsp3) is 0.500. The van der Waals surface area contributed by atoms with E-state index in [1.54, 1.807) is 0 Å². The van der Waals surface area contributed by atoms with E-state index in [-0.39, 0.29) is 31.1 Å². The highest BCUT2D eigenvalue weighted by molar-refractivity contribution is 7.66. The van der Waals surface area contributed by atoms with E-state index in [0.29, 0.717) is 0 Å². The molecule has 1 saturated heterocycles. The van der Waals surface area contributed by atoms with Crippen molar-refractivity contribution in [1.29, 1.82) is 0 Å². The van der Waals surface area contributed by atoms with Crippen LogP contribution in [0.5, 0.6) is 0 Å². The molecule has 1 aliphatic rings. The highest BCUT2D eigenvalue weighted by atomic mass is 31.3. The Labute approximate surface area is 226 Å². The smallest absolute Gasteiger partial charge is 0.390 e. The van der Waals surface area contributed by atoms with E-state index in [0.717, 1.165) is 15.7 Å². The monoisotopic (exact) mass is 630 g/mol. The average molecular weight is 630 g/mol. The third kappa shape index (κ3) is 9.36. The van der Waals surface area contributed by atoms with Gasteiger partial charge < -0.3 is 34.2 Å². The summed E-state index contributed by atoms with van der Waals surface area (Å²) >= 11 is 0. The summed E-state index contributed by atoms with van der Waals surface area (Å²) in [5.74, 6) is 0.250. The lowest BCUT2D eigenvalue weighted by Crippen LogP contribution is -2.34. The van der Waals surface area contributed by atoms with Crippen LogP contribution in [-0.2, 0) is 49.5 Å². The fourth-order valence-electron chi connectivity index (χ4n) is 3.85. The molecule has 3 unspecified atom stereocenters. The summed E-state index contributed by atoms with van der Waals surface area (Å²) in [5, 5.41) is 10.3. The maximum Gasteiger partial charge on any atom is 0.490 e. The van der Waals surface area contributed by atoms with E-state index in [4.69, 9.17) is 19.3 Å². The topological polar surface area (TPSA) is 253 Å². The van der Waals surface area contributed by atoms with Gasteiger partial charge in [0.15, 0.2) is 0 Å². The first kappa shape index (κ1) is 32.7.